The number of hydrogen-bond donors (Lipinski definition) is 7. The van der Waals surface area contributed by atoms with Crippen LogP contribution < -0.4 is 36.7 Å². The van der Waals surface area contributed by atoms with E-state index in [4.69, 9.17) is 14.5 Å². The van der Waals surface area contributed by atoms with Crippen LogP contribution >= 0.6 is 0 Å². The third-order valence-electron chi connectivity index (χ3n) is 13.8. The van der Waals surface area contributed by atoms with Gasteiger partial charge in [-0.2, -0.15) is 4.72 Å². The molecule has 1 atom stereocenters. The van der Waals surface area contributed by atoms with Crippen LogP contribution in [0.2, 0.25) is 0 Å². The van der Waals surface area contributed by atoms with Crippen molar-refractivity contribution < 1.29 is 47.0 Å². The molecule has 0 aliphatic rings. The number of nitrogens with zero attached hydrogens (tertiary/aromatic N) is 3. The maximum absolute atomic E-state index is 14.3. The number of carboxylic acids is 1. The highest BCUT2D eigenvalue weighted by molar-refractivity contribution is 7.89. The van der Waals surface area contributed by atoms with Gasteiger partial charge in [0.25, 0.3) is 5.91 Å². The summed E-state index contributed by atoms with van der Waals surface area (Å²) in [6.07, 6.45) is 5.94. The Balaban J connectivity index is 1.05. The zero-order valence-electron chi connectivity index (χ0n) is 48.3. The van der Waals surface area contributed by atoms with Crippen LogP contribution in [0.15, 0.2) is 150 Å². The zero-order chi connectivity index (χ0) is 60.4. The molecule has 5 aromatic carbocycles. The Morgan fingerprint density at radius 3 is 1.80 bits per heavy atom. The van der Waals surface area contributed by atoms with Gasteiger partial charge in [-0.15, -0.1) is 0 Å². The molecule has 0 aliphatic heterocycles. The number of carboxylic acid groups (broad SMARTS) is 1. The van der Waals surface area contributed by atoms with E-state index in [0.29, 0.717) is 68.2 Å². The number of imidazole rings is 1. The monoisotopic (exact) mass is 1170 g/mol. The largest absolute Gasteiger partial charge is 0.480 e. The number of alkyl carbamates (subject to hydrolysis) is 1. The van der Waals surface area contributed by atoms with Crippen molar-refractivity contribution in [2.45, 2.75) is 109 Å². The van der Waals surface area contributed by atoms with Crippen molar-refractivity contribution >= 4 is 56.7 Å². The molecule has 0 spiro atoms. The highest BCUT2D eigenvalue weighted by atomic mass is 32.2. The number of ether oxygens (including phenoxy) is 2. The van der Waals surface area contributed by atoms with Gasteiger partial charge in [0.2, 0.25) is 33.2 Å². The van der Waals surface area contributed by atoms with Crippen LogP contribution in [0, 0.1) is 20.8 Å². The standard InChI is InChI=1S/C63H75N9O11S/c1-43-37-44(2)57(45(3)38-43)84(80,81)70-52(59(77)78)41-68-58(76)51-42-71(33-16-29-64-54(73)27-28-55(74)65-30-17-35-82-36-18-31-67-61(79)83-62(4,5)6)53-39-46(25-26-50(53)56(51)75)40-69-60-66-32-34-72(60)63(47-19-10-7-11-20-47,48-21-12-8-13-22-48)49-23-14-9-15-24-49/h7-15,19-26,32,34,37-39,42,52,70H,16-18,27-31,33,35-36,40-41H2,1-6H3,(H,64,73)(H,65,74)(H,66,69)(H,67,79)(H,68,76)(H,77,78). The van der Waals surface area contributed by atoms with E-state index in [1.165, 1.54) is 6.20 Å². The lowest BCUT2D eigenvalue weighted by molar-refractivity contribution is -0.138. The predicted octanol–water partition coefficient (Wildman–Crippen LogP) is 7.46. The Labute approximate surface area is 489 Å². The number of fused-ring (bicyclic) bond motifs is 1. The van der Waals surface area contributed by atoms with Crippen molar-refractivity contribution in [2.75, 3.05) is 44.7 Å². The number of sulfonamides is 1. The Kier molecular flexibility index (Phi) is 21.8. The zero-order valence-corrected chi connectivity index (χ0v) is 49.1. The second kappa shape index (κ2) is 29.0. The van der Waals surface area contributed by atoms with Crippen molar-refractivity contribution in [1.82, 2.24) is 40.1 Å². The number of rotatable bonds is 29. The lowest BCUT2D eigenvalue weighted by Crippen LogP contribution is -2.49. The van der Waals surface area contributed by atoms with Crippen LogP contribution in [0.1, 0.15) is 102 Å². The molecule has 2 aromatic heterocycles. The van der Waals surface area contributed by atoms with Gasteiger partial charge in [-0.3, -0.25) is 28.5 Å². The molecule has 0 fully saturated rings. The van der Waals surface area contributed by atoms with E-state index in [9.17, 15) is 42.3 Å². The summed E-state index contributed by atoms with van der Waals surface area (Å²) in [6, 6.07) is 37.3. The van der Waals surface area contributed by atoms with Crippen LogP contribution in [0.25, 0.3) is 10.9 Å². The molecule has 21 heteroatoms. The van der Waals surface area contributed by atoms with Gasteiger partial charge in [-0.05, 0) is 106 Å². The van der Waals surface area contributed by atoms with E-state index in [-0.39, 0.29) is 60.1 Å². The minimum absolute atomic E-state index is 0.0376. The lowest BCUT2D eigenvalue weighted by Gasteiger charge is -2.38. The van der Waals surface area contributed by atoms with E-state index in [2.05, 4.69) is 72.3 Å². The normalized spacial score (nSPS) is 12.1. The highest BCUT2D eigenvalue weighted by Gasteiger charge is 2.40. The summed E-state index contributed by atoms with van der Waals surface area (Å²) in [5.41, 5.74) is 3.49. The third kappa shape index (κ3) is 16.5. The van der Waals surface area contributed by atoms with Gasteiger partial charge >= 0.3 is 12.1 Å². The molecule has 20 nitrogen and oxygen atoms in total. The van der Waals surface area contributed by atoms with Gasteiger partial charge in [0.05, 0.1) is 10.4 Å². The van der Waals surface area contributed by atoms with Crippen LogP contribution in [0.3, 0.4) is 0 Å². The van der Waals surface area contributed by atoms with E-state index < -0.39 is 57.1 Å². The van der Waals surface area contributed by atoms with Gasteiger partial charge in [-0.1, -0.05) is 115 Å². The minimum Gasteiger partial charge on any atom is -0.480 e. The van der Waals surface area contributed by atoms with Crippen molar-refractivity contribution in [1.29, 1.82) is 0 Å². The Bertz CT molecular complexity index is 3470. The molecule has 7 rings (SSSR count). The number of aryl methyl sites for hydroxylation is 4. The second-order valence-corrected chi connectivity index (χ2v) is 23.1. The van der Waals surface area contributed by atoms with E-state index in [0.717, 1.165) is 27.8 Å². The summed E-state index contributed by atoms with van der Waals surface area (Å²) in [6.45, 7) is 11.9. The average molecular weight is 1170 g/mol. The van der Waals surface area contributed by atoms with Crippen molar-refractivity contribution in [2.24, 2.45) is 0 Å². The molecule has 0 bridgehead atoms. The first-order chi connectivity index (χ1) is 40.2. The molecular weight excluding hydrogens is 1090 g/mol. The Hall–Kier alpha value is -8.66. The van der Waals surface area contributed by atoms with Crippen LogP contribution in [-0.2, 0) is 52.5 Å². The molecule has 7 N–H and O–H groups in total. The number of amides is 4. The fourth-order valence-electron chi connectivity index (χ4n) is 10.1. The van der Waals surface area contributed by atoms with E-state index in [1.54, 1.807) is 69.6 Å². The van der Waals surface area contributed by atoms with Gasteiger partial charge < -0.3 is 45.7 Å². The molecule has 444 valence electrons. The SMILES string of the molecule is Cc1cc(C)c(S(=O)(=O)NC(CNC(=O)c2cn(CCCNC(=O)CCC(=O)NCCCOCCCNC(=O)OC(C)(C)C)c3cc(CNc4nccn4C(c4ccccc4)(c4ccccc4)c4ccccc4)ccc3c2=O)C(=O)O)c(C)c1. The summed E-state index contributed by atoms with van der Waals surface area (Å²) in [4.78, 5) is 82.9. The summed E-state index contributed by atoms with van der Waals surface area (Å²) in [5.74, 6) is -2.56. The molecule has 0 saturated carbocycles. The fourth-order valence-corrected chi connectivity index (χ4v) is 11.7. The van der Waals surface area contributed by atoms with Crippen molar-refractivity contribution in [3.05, 3.63) is 195 Å². The number of carbonyl (C=O) groups excluding carboxylic acids is 4. The number of benzene rings is 5. The van der Waals surface area contributed by atoms with Gasteiger partial charge in [0, 0.05) is 89.3 Å². The van der Waals surface area contributed by atoms with E-state index in [1.807, 2.05) is 73.8 Å². The summed E-state index contributed by atoms with van der Waals surface area (Å²) >= 11 is 0. The first-order valence-corrected chi connectivity index (χ1v) is 29.5. The van der Waals surface area contributed by atoms with Gasteiger partial charge in [0.1, 0.15) is 22.7 Å². The molecule has 7 aromatic rings. The average Bonchev–Trinajstić information content (AvgIpc) is 2.14. The van der Waals surface area contributed by atoms with Crippen LogP contribution in [-0.4, -0.2) is 108 Å². The lowest BCUT2D eigenvalue weighted by atomic mass is 9.76. The molecular formula is C63H75N9O11S. The molecule has 1 unspecified atom stereocenters. The molecule has 84 heavy (non-hydrogen) atoms. The summed E-state index contributed by atoms with van der Waals surface area (Å²) < 4.78 is 44.0. The number of pyridine rings is 1. The van der Waals surface area contributed by atoms with E-state index >= 15 is 0 Å². The van der Waals surface area contributed by atoms with Gasteiger partial charge in [-0.25, -0.2) is 18.2 Å². The number of anilines is 1. The predicted molar refractivity (Wildman–Crippen MR) is 321 cm³/mol. The van der Waals surface area contributed by atoms with Crippen LogP contribution in [0.4, 0.5) is 10.7 Å². The molecule has 4 amide bonds. The van der Waals surface area contributed by atoms with Gasteiger partial charge in [0.15, 0.2) is 0 Å². The number of carbonyl (C=O) groups is 5. The third-order valence-corrected chi connectivity index (χ3v) is 15.5. The van der Waals surface area contributed by atoms with Crippen LogP contribution in [0.5, 0.6) is 0 Å². The Morgan fingerprint density at radius 2 is 1.25 bits per heavy atom. The second-order valence-electron chi connectivity index (χ2n) is 21.5. The molecule has 2 heterocycles. The smallest absolute Gasteiger partial charge is 0.407 e. The molecule has 0 aliphatic carbocycles. The molecule has 0 saturated heterocycles. The first kappa shape index (κ1) is 62.9. The summed E-state index contributed by atoms with van der Waals surface area (Å²) in [7, 11) is -4.38. The first-order valence-electron chi connectivity index (χ1n) is 28.0. The highest BCUT2D eigenvalue weighted by Crippen LogP contribution is 2.42. The Morgan fingerprint density at radius 1 is 0.702 bits per heavy atom. The minimum atomic E-state index is -4.38. The maximum atomic E-state index is 14.3. The summed E-state index contributed by atoms with van der Waals surface area (Å²) in [5, 5.41) is 24.7. The topological polar surface area (TPSA) is 270 Å². The van der Waals surface area contributed by atoms with Crippen molar-refractivity contribution in [3.8, 4) is 0 Å². The number of aromatic nitrogens is 3. The quantitative estimate of drug-likeness (QED) is 0.0177. The molecule has 0 radical (unpaired) electrons. The van der Waals surface area contributed by atoms with Crippen molar-refractivity contribution in [3.63, 3.8) is 0 Å². The maximum Gasteiger partial charge on any atom is 0.407 e. The number of nitrogens with one attached hydrogen (secondary N) is 6. The fraction of sp³-hybridized carbons (Fsp3) is 0.349. The number of aliphatic carboxylic acids is 1. The number of hydrogen-bond acceptors (Lipinski definition) is 12.